The third-order valence-corrected chi connectivity index (χ3v) is 3.33. The molecule has 0 spiro atoms. The number of carboxylic acid groups (broad SMARTS) is 3. The van der Waals surface area contributed by atoms with E-state index in [2.05, 4.69) is 10.6 Å². The Morgan fingerprint density at radius 1 is 1.33 bits per heavy atom. The van der Waals surface area contributed by atoms with Crippen LogP contribution in [0.4, 0.5) is 0 Å². The number of nitrogens with one attached hydrogen (secondary N) is 2. The Morgan fingerprint density at radius 2 is 2.00 bits per heavy atom. The molecule has 1 aliphatic rings. The highest BCUT2D eigenvalue weighted by Crippen LogP contribution is 2.16. The van der Waals surface area contributed by atoms with Crippen LogP contribution in [0.25, 0.3) is 0 Å². The second-order valence-corrected chi connectivity index (χ2v) is 5.19. The molecule has 1 aliphatic heterocycles. The van der Waals surface area contributed by atoms with Crippen molar-refractivity contribution < 1.29 is 34.5 Å². The number of rotatable bonds is 9. The van der Waals surface area contributed by atoms with Gasteiger partial charge in [-0.3, -0.25) is 9.59 Å². The van der Waals surface area contributed by atoms with Crippen molar-refractivity contribution in [3.8, 4) is 0 Å². The van der Waals surface area contributed by atoms with Crippen LogP contribution < -0.4 is 16.4 Å². The molecule has 10 nitrogen and oxygen atoms in total. The monoisotopic (exact) mass is 341 g/mol. The molecule has 7 N–H and O–H groups in total. The molecule has 0 saturated heterocycles. The van der Waals surface area contributed by atoms with E-state index in [1.165, 1.54) is 12.2 Å². The SMILES string of the molecule is NC(=O)CC[C@@H](NC/C=C1\C=C(C(=O)O)N[C@@H](C(=O)O)C1)C(=O)O. The second kappa shape index (κ2) is 8.67. The molecule has 1 amide bonds. The largest absolute Gasteiger partial charge is 0.480 e. The van der Waals surface area contributed by atoms with Gasteiger partial charge in [-0.15, -0.1) is 0 Å². The van der Waals surface area contributed by atoms with E-state index in [1.54, 1.807) is 0 Å². The van der Waals surface area contributed by atoms with Crippen molar-refractivity contribution in [3.05, 3.63) is 23.4 Å². The smallest absolute Gasteiger partial charge is 0.351 e. The molecule has 0 aromatic carbocycles. The maximum absolute atomic E-state index is 11.1. The van der Waals surface area contributed by atoms with Gasteiger partial charge in [0.15, 0.2) is 0 Å². The first-order valence-corrected chi connectivity index (χ1v) is 7.08. The lowest BCUT2D eigenvalue weighted by atomic mass is 10.00. The Labute approximate surface area is 137 Å². The number of carbonyl (C=O) groups is 4. The Hall–Kier alpha value is -2.88. The summed E-state index contributed by atoms with van der Waals surface area (Å²) in [5.41, 5.74) is 5.18. The lowest BCUT2D eigenvalue weighted by Gasteiger charge is -2.22. The first-order chi connectivity index (χ1) is 11.2. The van der Waals surface area contributed by atoms with Gasteiger partial charge in [-0.2, -0.15) is 0 Å². The summed E-state index contributed by atoms with van der Waals surface area (Å²) < 4.78 is 0. The number of hydrogen-bond donors (Lipinski definition) is 6. The molecule has 24 heavy (non-hydrogen) atoms. The molecule has 0 radical (unpaired) electrons. The molecule has 10 heteroatoms. The summed E-state index contributed by atoms with van der Waals surface area (Å²) in [4.78, 5) is 43.8. The van der Waals surface area contributed by atoms with Gasteiger partial charge in [0, 0.05) is 19.4 Å². The Bertz CT molecular complexity index is 597. The minimum absolute atomic E-state index is 0.0172. The predicted octanol–water partition coefficient (Wildman–Crippen LogP) is -1.36. The van der Waals surface area contributed by atoms with Crippen LogP contribution in [0.2, 0.25) is 0 Å². The van der Waals surface area contributed by atoms with Crippen molar-refractivity contribution in [2.24, 2.45) is 5.73 Å². The van der Waals surface area contributed by atoms with E-state index in [0.717, 1.165) is 0 Å². The number of allylic oxidation sites excluding steroid dienone is 1. The lowest BCUT2D eigenvalue weighted by molar-refractivity contribution is -0.140. The molecule has 0 fully saturated rings. The number of amides is 1. The van der Waals surface area contributed by atoms with E-state index in [0.29, 0.717) is 5.57 Å². The molecule has 1 rings (SSSR count). The van der Waals surface area contributed by atoms with E-state index in [1.807, 2.05) is 0 Å². The van der Waals surface area contributed by atoms with Gasteiger partial charge in [0.25, 0.3) is 0 Å². The van der Waals surface area contributed by atoms with Crippen LogP contribution in [0.15, 0.2) is 23.4 Å². The summed E-state index contributed by atoms with van der Waals surface area (Å²) in [5, 5.41) is 32.1. The fraction of sp³-hybridized carbons (Fsp3) is 0.429. The van der Waals surface area contributed by atoms with E-state index in [-0.39, 0.29) is 31.5 Å². The fourth-order valence-electron chi connectivity index (χ4n) is 2.11. The minimum atomic E-state index is -1.29. The van der Waals surface area contributed by atoms with Crippen LogP contribution in [0, 0.1) is 0 Å². The van der Waals surface area contributed by atoms with Gasteiger partial charge in [0.2, 0.25) is 5.91 Å². The van der Waals surface area contributed by atoms with Crippen molar-refractivity contribution >= 4 is 23.8 Å². The Balaban J connectivity index is 2.74. The van der Waals surface area contributed by atoms with E-state index >= 15 is 0 Å². The lowest BCUT2D eigenvalue weighted by Crippen LogP contribution is -2.41. The van der Waals surface area contributed by atoms with Crippen LogP contribution in [-0.2, 0) is 19.2 Å². The zero-order valence-corrected chi connectivity index (χ0v) is 12.7. The number of carboxylic acids is 3. The number of nitrogens with two attached hydrogens (primary N) is 1. The third-order valence-electron chi connectivity index (χ3n) is 3.33. The van der Waals surface area contributed by atoms with Crippen molar-refractivity contribution in [1.29, 1.82) is 0 Å². The quantitative estimate of drug-likeness (QED) is 0.295. The zero-order valence-electron chi connectivity index (χ0n) is 12.7. The van der Waals surface area contributed by atoms with E-state index < -0.39 is 35.9 Å². The highest BCUT2D eigenvalue weighted by atomic mass is 16.4. The van der Waals surface area contributed by atoms with E-state index in [4.69, 9.17) is 21.1 Å². The van der Waals surface area contributed by atoms with Crippen molar-refractivity contribution in [2.45, 2.75) is 31.3 Å². The third kappa shape index (κ3) is 6.08. The summed E-state index contributed by atoms with van der Waals surface area (Å²) in [5.74, 6) is -4.24. The first kappa shape index (κ1) is 19.2. The van der Waals surface area contributed by atoms with Crippen molar-refractivity contribution in [1.82, 2.24) is 10.6 Å². The summed E-state index contributed by atoms with van der Waals surface area (Å²) in [6.07, 6.45) is 2.80. The molecule has 0 aromatic heterocycles. The maximum atomic E-state index is 11.1. The van der Waals surface area contributed by atoms with Crippen molar-refractivity contribution in [2.75, 3.05) is 6.54 Å². The van der Waals surface area contributed by atoms with Gasteiger partial charge < -0.3 is 31.7 Å². The molecule has 2 atom stereocenters. The second-order valence-electron chi connectivity index (χ2n) is 5.19. The molecular weight excluding hydrogens is 322 g/mol. The van der Waals surface area contributed by atoms with Crippen molar-refractivity contribution in [3.63, 3.8) is 0 Å². The normalized spacial score (nSPS) is 19.9. The molecular formula is C14H19N3O7. The Kier molecular flexibility index (Phi) is 6.93. The highest BCUT2D eigenvalue weighted by molar-refractivity contribution is 5.89. The molecule has 0 bridgehead atoms. The van der Waals surface area contributed by atoms with Crippen LogP contribution in [-0.4, -0.2) is 57.8 Å². The molecule has 0 aliphatic carbocycles. The van der Waals surface area contributed by atoms with Gasteiger partial charge >= 0.3 is 17.9 Å². The molecule has 1 heterocycles. The van der Waals surface area contributed by atoms with Crippen LogP contribution in [0.1, 0.15) is 19.3 Å². The highest BCUT2D eigenvalue weighted by Gasteiger charge is 2.26. The minimum Gasteiger partial charge on any atom is -0.480 e. The topological polar surface area (TPSA) is 179 Å². The fourth-order valence-corrected chi connectivity index (χ4v) is 2.11. The van der Waals surface area contributed by atoms with Crippen LogP contribution in [0.5, 0.6) is 0 Å². The first-order valence-electron chi connectivity index (χ1n) is 7.08. The van der Waals surface area contributed by atoms with Gasteiger partial charge in [0.1, 0.15) is 17.8 Å². The van der Waals surface area contributed by atoms with Gasteiger partial charge in [0.05, 0.1) is 0 Å². The molecule has 0 aromatic rings. The van der Waals surface area contributed by atoms with Crippen LogP contribution in [0.3, 0.4) is 0 Å². The number of hydrogen-bond acceptors (Lipinski definition) is 6. The van der Waals surface area contributed by atoms with E-state index in [9.17, 15) is 19.2 Å². The zero-order chi connectivity index (χ0) is 18.3. The number of aliphatic carboxylic acids is 3. The Morgan fingerprint density at radius 3 is 2.50 bits per heavy atom. The summed E-state index contributed by atoms with van der Waals surface area (Å²) in [6.45, 7) is 0.0702. The predicted molar refractivity (Wildman–Crippen MR) is 80.8 cm³/mol. The molecule has 132 valence electrons. The molecule has 0 saturated carbocycles. The maximum Gasteiger partial charge on any atom is 0.351 e. The number of primary amides is 1. The number of carbonyl (C=O) groups excluding carboxylic acids is 1. The van der Waals surface area contributed by atoms with Crippen LogP contribution >= 0.6 is 0 Å². The average Bonchev–Trinajstić information content (AvgIpc) is 2.49. The van der Waals surface area contributed by atoms with Gasteiger partial charge in [-0.05, 0) is 18.1 Å². The van der Waals surface area contributed by atoms with Gasteiger partial charge in [-0.1, -0.05) is 6.08 Å². The summed E-state index contributed by atoms with van der Waals surface area (Å²) >= 11 is 0. The standard InChI is InChI=1S/C14H19N3O7/c15-11(18)2-1-8(12(19)20)16-4-3-7-5-9(13(21)22)17-10(6-7)14(23)24/h3,5,8,10,16-17H,1-2,4,6H2,(H2,15,18)(H,19,20)(H,21,22)(H,23,24)/b7-3+/t8-,10-/m1/s1. The summed E-state index contributed by atoms with van der Waals surface area (Å²) in [6, 6.07) is -2.06. The summed E-state index contributed by atoms with van der Waals surface area (Å²) in [7, 11) is 0. The average molecular weight is 341 g/mol. The molecule has 0 unspecified atom stereocenters. The van der Waals surface area contributed by atoms with Gasteiger partial charge in [-0.25, -0.2) is 9.59 Å².